The summed E-state index contributed by atoms with van der Waals surface area (Å²) in [5.41, 5.74) is 1.55. The Balaban J connectivity index is 1.48. The summed E-state index contributed by atoms with van der Waals surface area (Å²) in [5, 5.41) is 3.02. The van der Waals surface area contributed by atoms with Gasteiger partial charge < -0.3 is 10.1 Å². The molecule has 1 aromatic heterocycles. The van der Waals surface area contributed by atoms with Crippen LogP contribution in [0.4, 0.5) is 18.9 Å². The quantitative estimate of drug-likeness (QED) is 0.414. The minimum Gasteiger partial charge on any atom is -0.406 e. The molecule has 0 fully saturated rings. The van der Waals surface area contributed by atoms with Gasteiger partial charge in [0.15, 0.2) is 5.16 Å². The number of amides is 1. The lowest BCUT2D eigenvalue weighted by Crippen LogP contribution is -2.24. The number of para-hydroxylation sites is 1. The van der Waals surface area contributed by atoms with E-state index in [9.17, 15) is 22.8 Å². The second-order valence-corrected chi connectivity index (χ2v) is 8.70. The molecule has 32 heavy (non-hydrogen) atoms. The van der Waals surface area contributed by atoms with Crippen molar-refractivity contribution in [3.8, 4) is 11.4 Å². The van der Waals surface area contributed by atoms with Crippen molar-refractivity contribution in [3.63, 3.8) is 0 Å². The van der Waals surface area contributed by atoms with E-state index in [1.165, 1.54) is 28.5 Å². The van der Waals surface area contributed by atoms with E-state index in [0.29, 0.717) is 27.8 Å². The van der Waals surface area contributed by atoms with Gasteiger partial charge in [0.2, 0.25) is 5.91 Å². The summed E-state index contributed by atoms with van der Waals surface area (Å²) in [5.74, 6) is -0.0127. The predicted molar refractivity (Wildman–Crippen MR) is 117 cm³/mol. The van der Waals surface area contributed by atoms with Crippen molar-refractivity contribution in [2.24, 2.45) is 0 Å². The number of halogens is 3. The molecule has 0 saturated heterocycles. The molecule has 166 valence electrons. The highest BCUT2D eigenvalue weighted by Crippen LogP contribution is 2.30. The van der Waals surface area contributed by atoms with Crippen LogP contribution in [0.5, 0.6) is 5.75 Å². The van der Waals surface area contributed by atoms with Crippen molar-refractivity contribution in [2.75, 3.05) is 16.8 Å². The maximum atomic E-state index is 13.0. The fraction of sp³-hybridized carbons (Fsp3) is 0.190. The number of aromatic nitrogens is 2. The molecule has 2 heterocycles. The molecule has 0 bridgehead atoms. The maximum absolute atomic E-state index is 13.0. The first-order valence-electron chi connectivity index (χ1n) is 9.43. The molecule has 1 aliphatic heterocycles. The molecular formula is C21H16F3N3O3S2. The molecular weight excluding hydrogens is 463 g/mol. The van der Waals surface area contributed by atoms with Gasteiger partial charge >= 0.3 is 6.36 Å². The van der Waals surface area contributed by atoms with Crippen LogP contribution in [-0.2, 0) is 11.2 Å². The highest BCUT2D eigenvalue weighted by molar-refractivity contribution is 8.00. The van der Waals surface area contributed by atoms with E-state index in [4.69, 9.17) is 0 Å². The SMILES string of the molecule is O=C(CSc1nc2c(c(=O)n1-c1ccccc1)SCC2)Nc1ccc(OC(F)(F)F)cc1. The van der Waals surface area contributed by atoms with Crippen molar-refractivity contribution in [3.05, 3.63) is 70.6 Å². The zero-order chi connectivity index (χ0) is 22.7. The van der Waals surface area contributed by atoms with E-state index >= 15 is 0 Å². The van der Waals surface area contributed by atoms with E-state index < -0.39 is 6.36 Å². The van der Waals surface area contributed by atoms with Crippen LogP contribution in [0.15, 0.2) is 69.4 Å². The fourth-order valence-electron chi connectivity index (χ4n) is 3.06. The van der Waals surface area contributed by atoms with Gasteiger partial charge in [0.05, 0.1) is 22.0 Å². The molecule has 0 unspecified atom stereocenters. The van der Waals surface area contributed by atoms with Crippen LogP contribution in [0, 0.1) is 0 Å². The van der Waals surface area contributed by atoms with Gasteiger partial charge in [-0.25, -0.2) is 4.98 Å². The van der Waals surface area contributed by atoms with E-state index in [2.05, 4.69) is 15.0 Å². The second-order valence-electron chi connectivity index (χ2n) is 6.65. The third-order valence-electron chi connectivity index (χ3n) is 4.38. The van der Waals surface area contributed by atoms with Gasteiger partial charge in [-0.1, -0.05) is 30.0 Å². The van der Waals surface area contributed by atoms with Crippen molar-refractivity contribution >= 4 is 35.1 Å². The Hall–Kier alpha value is -2.92. The first-order chi connectivity index (χ1) is 15.3. The predicted octanol–water partition coefficient (Wildman–Crippen LogP) is 4.51. The number of ether oxygens (including phenoxy) is 1. The van der Waals surface area contributed by atoms with Gasteiger partial charge in [-0.05, 0) is 36.4 Å². The van der Waals surface area contributed by atoms with Crippen molar-refractivity contribution in [2.45, 2.75) is 22.8 Å². The van der Waals surface area contributed by atoms with E-state index in [1.807, 2.05) is 18.2 Å². The first-order valence-corrected chi connectivity index (χ1v) is 11.4. The number of nitrogens with one attached hydrogen (secondary N) is 1. The van der Waals surface area contributed by atoms with E-state index in [0.717, 1.165) is 35.3 Å². The number of fused-ring (bicyclic) bond motifs is 1. The Bertz CT molecular complexity index is 1180. The summed E-state index contributed by atoms with van der Waals surface area (Å²) >= 11 is 2.60. The lowest BCUT2D eigenvalue weighted by Gasteiger charge is -2.14. The summed E-state index contributed by atoms with van der Waals surface area (Å²) < 4.78 is 42.1. The highest BCUT2D eigenvalue weighted by atomic mass is 32.2. The number of nitrogens with zero attached hydrogens (tertiary/aromatic N) is 2. The largest absolute Gasteiger partial charge is 0.573 e. The molecule has 0 aliphatic carbocycles. The van der Waals surface area contributed by atoms with Crippen LogP contribution in [0.1, 0.15) is 5.69 Å². The summed E-state index contributed by atoms with van der Waals surface area (Å²) in [7, 11) is 0. The van der Waals surface area contributed by atoms with Crippen LogP contribution in [0.25, 0.3) is 5.69 Å². The van der Waals surface area contributed by atoms with Crippen LogP contribution in [0.3, 0.4) is 0 Å². The van der Waals surface area contributed by atoms with Crippen molar-refractivity contribution in [1.29, 1.82) is 0 Å². The van der Waals surface area contributed by atoms with Gasteiger partial charge in [-0.15, -0.1) is 24.9 Å². The zero-order valence-electron chi connectivity index (χ0n) is 16.4. The molecule has 0 saturated carbocycles. The zero-order valence-corrected chi connectivity index (χ0v) is 18.0. The normalized spacial score (nSPS) is 13.0. The Morgan fingerprint density at radius 3 is 2.56 bits per heavy atom. The maximum Gasteiger partial charge on any atom is 0.573 e. The number of anilines is 1. The number of benzene rings is 2. The molecule has 6 nitrogen and oxygen atoms in total. The van der Waals surface area contributed by atoms with Crippen LogP contribution < -0.4 is 15.6 Å². The van der Waals surface area contributed by atoms with Crippen molar-refractivity contribution < 1.29 is 22.7 Å². The van der Waals surface area contributed by atoms with Crippen LogP contribution in [-0.4, -0.2) is 33.3 Å². The van der Waals surface area contributed by atoms with E-state index in [-0.39, 0.29) is 23.0 Å². The van der Waals surface area contributed by atoms with Gasteiger partial charge in [0.1, 0.15) is 5.75 Å². The number of hydrogen-bond acceptors (Lipinski definition) is 6. The molecule has 0 radical (unpaired) electrons. The van der Waals surface area contributed by atoms with Gasteiger partial charge in [-0.2, -0.15) is 0 Å². The lowest BCUT2D eigenvalue weighted by atomic mass is 10.3. The first kappa shape index (κ1) is 22.3. The molecule has 1 aliphatic rings. The smallest absolute Gasteiger partial charge is 0.406 e. The molecule has 2 aromatic carbocycles. The highest BCUT2D eigenvalue weighted by Gasteiger charge is 2.31. The third kappa shape index (κ3) is 5.28. The summed E-state index contributed by atoms with van der Waals surface area (Å²) in [4.78, 5) is 30.7. The Labute approximate surface area is 189 Å². The van der Waals surface area contributed by atoms with Gasteiger partial charge in [0.25, 0.3) is 5.56 Å². The lowest BCUT2D eigenvalue weighted by molar-refractivity contribution is -0.274. The average Bonchev–Trinajstić information content (AvgIpc) is 3.22. The molecule has 4 rings (SSSR count). The van der Waals surface area contributed by atoms with E-state index in [1.54, 1.807) is 12.1 Å². The third-order valence-corrected chi connectivity index (χ3v) is 6.43. The minimum absolute atomic E-state index is 0.0357. The number of rotatable bonds is 6. The van der Waals surface area contributed by atoms with Crippen molar-refractivity contribution in [1.82, 2.24) is 9.55 Å². The Kier molecular flexibility index (Phi) is 6.47. The topological polar surface area (TPSA) is 73.2 Å². The Morgan fingerprint density at radius 1 is 1.16 bits per heavy atom. The van der Waals surface area contributed by atoms with Gasteiger partial charge in [0, 0.05) is 17.9 Å². The number of hydrogen-bond donors (Lipinski definition) is 1. The monoisotopic (exact) mass is 479 g/mol. The molecule has 1 amide bonds. The average molecular weight is 480 g/mol. The number of thioether (sulfide) groups is 2. The van der Waals surface area contributed by atoms with Crippen LogP contribution in [0.2, 0.25) is 0 Å². The number of carbonyl (C=O) groups excluding carboxylic acids is 1. The number of aryl methyl sites for hydroxylation is 1. The summed E-state index contributed by atoms with van der Waals surface area (Å²) in [6, 6.07) is 13.9. The standard InChI is InChI=1S/C21H16F3N3O3S2/c22-21(23,24)30-15-8-6-13(7-9-15)25-17(28)12-32-20-26-16-10-11-31-18(16)19(29)27(20)14-4-2-1-3-5-14/h1-9H,10-12H2,(H,25,28). The summed E-state index contributed by atoms with van der Waals surface area (Å²) in [6.45, 7) is 0. The number of carbonyl (C=O) groups is 1. The fourth-order valence-corrected chi connectivity index (χ4v) is 4.91. The Morgan fingerprint density at radius 2 is 1.88 bits per heavy atom. The second kappa shape index (κ2) is 9.29. The molecule has 1 N–H and O–H groups in total. The molecule has 3 aromatic rings. The summed E-state index contributed by atoms with van der Waals surface area (Å²) in [6.07, 6.45) is -4.09. The molecule has 0 spiro atoms. The molecule has 11 heteroatoms. The minimum atomic E-state index is -4.78. The van der Waals surface area contributed by atoms with Crippen LogP contribution >= 0.6 is 23.5 Å². The molecule has 0 atom stereocenters. The van der Waals surface area contributed by atoms with Gasteiger partial charge in [-0.3, -0.25) is 14.2 Å². The number of alkyl halides is 3.